The fourth-order valence-electron chi connectivity index (χ4n) is 3.91. The van der Waals surface area contributed by atoms with Gasteiger partial charge in [0.2, 0.25) is 11.8 Å². The van der Waals surface area contributed by atoms with E-state index in [1.807, 2.05) is 0 Å². The largest absolute Gasteiger partial charge is 0.296 e. The van der Waals surface area contributed by atoms with E-state index in [1.54, 1.807) is 0 Å². The maximum absolute atomic E-state index is 11.7. The molecule has 2 aliphatic carbocycles. The van der Waals surface area contributed by atoms with E-state index in [-0.39, 0.29) is 23.7 Å². The van der Waals surface area contributed by atoms with Crippen molar-refractivity contribution in [2.45, 2.75) is 26.7 Å². The second kappa shape index (κ2) is 2.71. The van der Waals surface area contributed by atoms with Gasteiger partial charge in [-0.1, -0.05) is 11.1 Å². The first-order chi connectivity index (χ1) is 7.11. The molecule has 1 N–H and O–H groups in total. The molecule has 0 aromatic heterocycles. The van der Waals surface area contributed by atoms with Gasteiger partial charge < -0.3 is 0 Å². The van der Waals surface area contributed by atoms with E-state index < -0.39 is 0 Å². The van der Waals surface area contributed by atoms with E-state index in [1.165, 1.54) is 11.1 Å². The van der Waals surface area contributed by atoms with E-state index in [4.69, 9.17) is 0 Å². The van der Waals surface area contributed by atoms with Crippen LogP contribution < -0.4 is 5.32 Å². The van der Waals surface area contributed by atoms with Crippen LogP contribution in [0.3, 0.4) is 0 Å². The van der Waals surface area contributed by atoms with Crippen molar-refractivity contribution in [3.8, 4) is 0 Å². The molecular weight excluding hydrogens is 190 g/mol. The molecule has 4 unspecified atom stereocenters. The van der Waals surface area contributed by atoms with Crippen LogP contribution in [-0.4, -0.2) is 11.8 Å². The lowest BCUT2D eigenvalue weighted by atomic mass is 9.81. The van der Waals surface area contributed by atoms with E-state index in [0.29, 0.717) is 11.8 Å². The zero-order valence-electron chi connectivity index (χ0n) is 9.04. The molecule has 3 heteroatoms. The summed E-state index contributed by atoms with van der Waals surface area (Å²) in [6.45, 7) is 4.20. The first-order valence-electron chi connectivity index (χ1n) is 5.63. The average molecular weight is 205 g/mol. The Kier molecular flexibility index (Phi) is 1.65. The van der Waals surface area contributed by atoms with Gasteiger partial charge in [-0.15, -0.1) is 0 Å². The molecule has 2 bridgehead atoms. The predicted molar refractivity (Wildman–Crippen MR) is 54.7 cm³/mol. The van der Waals surface area contributed by atoms with Crippen molar-refractivity contribution in [2.24, 2.45) is 23.7 Å². The number of carbonyl (C=O) groups is 2. The van der Waals surface area contributed by atoms with Crippen LogP contribution in [0.1, 0.15) is 26.7 Å². The molecule has 3 rings (SSSR count). The van der Waals surface area contributed by atoms with Crippen molar-refractivity contribution in [3.05, 3.63) is 11.1 Å². The summed E-state index contributed by atoms with van der Waals surface area (Å²) in [5, 5.41) is 2.48. The summed E-state index contributed by atoms with van der Waals surface area (Å²) in [5.74, 6) is 0.571. The summed E-state index contributed by atoms with van der Waals surface area (Å²) in [7, 11) is 0. The summed E-state index contributed by atoms with van der Waals surface area (Å²) < 4.78 is 0. The summed E-state index contributed by atoms with van der Waals surface area (Å²) in [4.78, 5) is 23.3. The molecule has 0 aromatic rings. The van der Waals surface area contributed by atoms with Crippen LogP contribution in [0.15, 0.2) is 11.1 Å². The molecule has 3 fully saturated rings. The third-order valence-electron chi connectivity index (χ3n) is 4.27. The number of allylic oxidation sites excluding steroid dienone is 2. The molecular formula is C12H15NO2. The van der Waals surface area contributed by atoms with Gasteiger partial charge in [0.15, 0.2) is 0 Å². The summed E-state index contributed by atoms with van der Waals surface area (Å²) in [6.07, 6.45) is 2.18. The van der Waals surface area contributed by atoms with Gasteiger partial charge in [-0.2, -0.15) is 0 Å². The normalized spacial score (nSPS) is 42.1. The minimum Gasteiger partial charge on any atom is -0.296 e. The van der Waals surface area contributed by atoms with Crippen LogP contribution in [-0.2, 0) is 9.59 Å². The van der Waals surface area contributed by atoms with Gasteiger partial charge in [-0.05, 0) is 38.5 Å². The molecule has 15 heavy (non-hydrogen) atoms. The number of imide groups is 1. The molecule has 0 radical (unpaired) electrons. The Morgan fingerprint density at radius 3 is 1.93 bits per heavy atom. The molecule has 1 heterocycles. The maximum Gasteiger partial charge on any atom is 0.231 e. The Bertz CT molecular complexity index is 362. The highest BCUT2D eigenvalue weighted by Gasteiger charge is 2.60. The van der Waals surface area contributed by atoms with E-state index in [2.05, 4.69) is 19.2 Å². The number of amides is 2. The Morgan fingerprint density at radius 1 is 1.07 bits per heavy atom. The molecule has 1 aliphatic heterocycles. The summed E-state index contributed by atoms with van der Waals surface area (Å²) >= 11 is 0. The lowest BCUT2D eigenvalue weighted by molar-refractivity contribution is -0.126. The average Bonchev–Trinajstić information content (AvgIpc) is 2.77. The standard InChI is InChI=1S/C12H15NO2/c1-5(2)8-6-3-4-7(8)10-9(6)11(14)13-12(10)15/h6-7,9-10H,3-4H2,1-2H3,(H,13,14,15). The van der Waals surface area contributed by atoms with E-state index in [0.717, 1.165) is 12.8 Å². The molecule has 0 spiro atoms. The number of hydrogen-bond donors (Lipinski definition) is 1. The van der Waals surface area contributed by atoms with Gasteiger partial charge in [0.25, 0.3) is 0 Å². The summed E-state index contributed by atoms with van der Waals surface area (Å²) in [6, 6.07) is 0. The predicted octanol–water partition coefficient (Wildman–Crippen LogP) is 1.25. The minimum absolute atomic E-state index is 0.0315. The second-order valence-electron chi connectivity index (χ2n) is 5.15. The number of carbonyl (C=O) groups excluding carboxylic acids is 2. The molecule has 4 atom stereocenters. The van der Waals surface area contributed by atoms with Crippen LogP contribution in [0.5, 0.6) is 0 Å². The SMILES string of the molecule is CC(C)=C1C2CCC1C1C(=O)NC(=O)C21. The zero-order chi connectivity index (χ0) is 10.7. The molecule has 80 valence electrons. The highest BCUT2D eigenvalue weighted by molar-refractivity contribution is 6.06. The molecule has 2 amide bonds. The molecule has 3 aliphatic rings. The fraction of sp³-hybridized carbons (Fsp3) is 0.667. The maximum atomic E-state index is 11.7. The van der Waals surface area contributed by atoms with Crippen molar-refractivity contribution in [2.75, 3.05) is 0 Å². The number of fused-ring (bicyclic) bond motifs is 5. The first kappa shape index (κ1) is 9.13. The third kappa shape index (κ3) is 0.959. The second-order valence-corrected chi connectivity index (χ2v) is 5.15. The van der Waals surface area contributed by atoms with Crippen molar-refractivity contribution in [3.63, 3.8) is 0 Å². The van der Waals surface area contributed by atoms with Crippen LogP contribution in [0.2, 0.25) is 0 Å². The lowest BCUT2D eigenvalue weighted by Gasteiger charge is -2.18. The third-order valence-corrected chi connectivity index (χ3v) is 4.27. The number of nitrogens with one attached hydrogen (secondary N) is 1. The van der Waals surface area contributed by atoms with Gasteiger partial charge in [-0.3, -0.25) is 14.9 Å². The Balaban J connectivity index is 2.10. The van der Waals surface area contributed by atoms with Crippen molar-refractivity contribution < 1.29 is 9.59 Å². The van der Waals surface area contributed by atoms with E-state index in [9.17, 15) is 9.59 Å². The Labute approximate surface area is 88.9 Å². The Morgan fingerprint density at radius 2 is 1.53 bits per heavy atom. The van der Waals surface area contributed by atoms with Crippen molar-refractivity contribution in [1.29, 1.82) is 0 Å². The number of rotatable bonds is 0. The monoisotopic (exact) mass is 205 g/mol. The topological polar surface area (TPSA) is 46.2 Å². The van der Waals surface area contributed by atoms with Gasteiger partial charge in [-0.25, -0.2) is 0 Å². The van der Waals surface area contributed by atoms with Crippen LogP contribution in [0, 0.1) is 23.7 Å². The fourth-order valence-corrected chi connectivity index (χ4v) is 3.91. The van der Waals surface area contributed by atoms with Gasteiger partial charge in [0.05, 0.1) is 11.8 Å². The molecule has 2 saturated carbocycles. The molecule has 0 aromatic carbocycles. The van der Waals surface area contributed by atoms with Gasteiger partial charge >= 0.3 is 0 Å². The minimum atomic E-state index is -0.0406. The van der Waals surface area contributed by atoms with E-state index >= 15 is 0 Å². The number of hydrogen-bond acceptors (Lipinski definition) is 2. The lowest BCUT2D eigenvalue weighted by Crippen LogP contribution is -2.25. The Hall–Kier alpha value is -1.12. The van der Waals surface area contributed by atoms with Crippen LogP contribution in [0.25, 0.3) is 0 Å². The first-order valence-corrected chi connectivity index (χ1v) is 5.63. The quantitative estimate of drug-likeness (QED) is 0.478. The van der Waals surface area contributed by atoms with Crippen molar-refractivity contribution in [1.82, 2.24) is 5.32 Å². The smallest absolute Gasteiger partial charge is 0.231 e. The zero-order valence-corrected chi connectivity index (χ0v) is 9.04. The molecule has 3 nitrogen and oxygen atoms in total. The van der Waals surface area contributed by atoms with Gasteiger partial charge in [0.1, 0.15) is 0 Å². The van der Waals surface area contributed by atoms with Crippen molar-refractivity contribution >= 4 is 11.8 Å². The highest BCUT2D eigenvalue weighted by Crippen LogP contribution is 2.58. The van der Waals surface area contributed by atoms with Gasteiger partial charge in [0, 0.05) is 0 Å². The van der Waals surface area contributed by atoms with Crippen LogP contribution in [0.4, 0.5) is 0 Å². The summed E-state index contributed by atoms with van der Waals surface area (Å²) in [5.41, 5.74) is 2.73. The highest BCUT2D eigenvalue weighted by atomic mass is 16.2. The van der Waals surface area contributed by atoms with Crippen LogP contribution >= 0.6 is 0 Å². The molecule has 1 saturated heterocycles.